The van der Waals surface area contributed by atoms with Crippen molar-refractivity contribution in [2.24, 2.45) is 0 Å². The van der Waals surface area contributed by atoms with Gasteiger partial charge in [0.15, 0.2) is 0 Å². The molecule has 0 aromatic heterocycles. The van der Waals surface area contributed by atoms with Gasteiger partial charge in [-0.2, -0.15) is 0 Å². The lowest BCUT2D eigenvalue weighted by Gasteiger charge is -2.18. The van der Waals surface area contributed by atoms with Crippen LogP contribution < -0.4 is 0 Å². The Morgan fingerprint density at radius 2 is 2.26 bits per heavy atom. The molecule has 104 valence electrons. The van der Waals surface area contributed by atoms with Crippen LogP contribution in [0.15, 0.2) is 28.7 Å². The second kappa shape index (κ2) is 8.07. The zero-order chi connectivity index (χ0) is 14.3. The Kier molecular flexibility index (Phi) is 6.73. The number of nitrogens with zero attached hydrogens (tertiary/aromatic N) is 1. The Labute approximate surface area is 120 Å². The highest BCUT2D eigenvalue weighted by Crippen LogP contribution is 2.16. The number of aliphatic hydroxyl groups excluding tert-OH is 1. The van der Waals surface area contributed by atoms with Crippen LogP contribution in [0.5, 0.6) is 0 Å². The van der Waals surface area contributed by atoms with Crippen molar-refractivity contribution < 1.29 is 14.3 Å². The molecular formula is C14H17BrFNO2. The van der Waals surface area contributed by atoms with Gasteiger partial charge in [-0.05, 0) is 37.6 Å². The van der Waals surface area contributed by atoms with E-state index in [0.717, 1.165) is 4.47 Å². The SMILES string of the molecule is CCN(CCCO)C(=O)/C=C/c1cc(Br)ccc1F. The first-order valence-electron chi connectivity index (χ1n) is 6.11. The Bertz CT molecular complexity index is 463. The lowest BCUT2D eigenvalue weighted by molar-refractivity contribution is -0.125. The normalized spacial score (nSPS) is 10.9. The molecule has 0 fully saturated rings. The molecule has 0 bridgehead atoms. The van der Waals surface area contributed by atoms with Crippen LogP contribution in [0.4, 0.5) is 4.39 Å². The van der Waals surface area contributed by atoms with Crippen molar-refractivity contribution in [2.75, 3.05) is 19.7 Å². The molecule has 5 heteroatoms. The van der Waals surface area contributed by atoms with E-state index < -0.39 is 0 Å². The van der Waals surface area contributed by atoms with Crippen LogP contribution in [0.1, 0.15) is 18.9 Å². The number of aliphatic hydroxyl groups is 1. The van der Waals surface area contributed by atoms with Crippen LogP contribution in [0.2, 0.25) is 0 Å². The van der Waals surface area contributed by atoms with Gasteiger partial charge < -0.3 is 10.0 Å². The molecule has 19 heavy (non-hydrogen) atoms. The quantitative estimate of drug-likeness (QED) is 0.815. The van der Waals surface area contributed by atoms with E-state index in [9.17, 15) is 9.18 Å². The third-order valence-electron chi connectivity index (χ3n) is 2.64. The topological polar surface area (TPSA) is 40.5 Å². The zero-order valence-electron chi connectivity index (χ0n) is 10.8. The van der Waals surface area contributed by atoms with Crippen molar-refractivity contribution in [1.82, 2.24) is 4.90 Å². The molecule has 0 radical (unpaired) electrons. The summed E-state index contributed by atoms with van der Waals surface area (Å²) in [5.74, 6) is -0.555. The molecule has 0 atom stereocenters. The number of carbonyl (C=O) groups is 1. The third-order valence-corrected chi connectivity index (χ3v) is 3.14. The van der Waals surface area contributed by atoms with Crippen molar-refractivity contribution in [1.29, 1.82) is 0 Å². The molecule has 0 saturated carbocycles. The zero-order valence-corrected chi connectivity index (χ0v) is 12.4. The lowest BCUT2D eigenvalue weighted by Crippen LogP contribution is -2.30. The molecule has 3 nitrogen and oxygen atoms in total. The van der Waals surface area contributed by atoms with Gasteiger partial charge in [0.2, 0.25) is 5.91 Å². The molecule has 1 rings (SSSR count). The number of amides is 1. The number of hydrogen-bond donors (Lipinski definition) is 1. The summed E-state index contributed by atoms with van der Waals surface area (Å²) in [5.41, 5.74) is 0.362. The van der Waals surface area contributed by atoms with Crippen LogP contribution in [0.25, 0.3) is 6.08 Å². The summed E-state index contributed by atoms with van der Waals surface area (Å²) >= 11 is 3.26. The van der Waals surface area contributed by atoms with E-state index in [4.69, 9.17) is 5.11 Å². The van der Waals surface area contributed by atoms with Gasteiger partial charge in [-0.3, -0.25) is 4.79 Å². The Balaban J connectivity index is 2.73. The maximum absolute atomic E-state index is 13.5. The molecule has 0 heterocycles. The first-order valence-corrected chi connectivity index (χ1v) is 6.90. The highest BCUT2D eigenvalue weighted by atomic mass is 79.9. The summed E-state index contributed by atoms with van der Waals surface area (Å²) < 4.78 is 14.2. The number of halogens is 2. The average Bonchev–Trinajstić information content (AvgIpc) is 2.40. The van der Waals surface area contributed by atoms with Gasteiger partial charge in [0.25, 0.3) is 0 Å². The van der Waals surface area contributed by atoms with Crippen LogP contribution in [0.3, 0.4) is 0 Å². The van der Waals surface area contributed by atoms with Crippen LogP contribution in [0, 0.1) is 5.82 Å². The van der Waals surface area contributed by atoms with Gasteiger partial charge in [-0.1, -0.05) is 15.9 Å². The summed E-state index contributed by atoms with van der Waals surface area (Å²) in [5, 5.41) is 8.76. The summed E-state index contributed by atoms with van der Waals surface area (Å²) in [6.07, 6.45) is 3.36. The number of rotatable bonds is 6. The van der Waals surface area contributed by atoms with Crippen molar-refractivity contribution in [2.45, 2.75) is 13.3 Å². The molecule has 0 unspecified atom stereocenters. The van der Waals surface area contributed by atoms with E-state index in [1.54, 1.807) is 17.0 Å². The first kappa shape index (κ1) is 15.9. The Hall–Kier alpha value is -1.20. The fraction of sp³-hybridized carbons (Fsp3) is 0.357. The predicted molar refractivity (Wildman–Crippen MR) is 77.1 cm³/mol. The molecule has 1 amide bonds. The molecular weight excluding hydrogens is 313 g/mol. The average molecular weight is 330 g/mol. The van der Waals surface area contributed by atoms with Crippen molar-refractivity contribution in [3.63, 3.8) is 0 Å². The number of carbonyl (C=O) groups excluding carboxylic acids is 1. The minimum Gasteiger partial charge on any atom is -0.396 e. The molecule has 0 aliphatic carbocycles. The fourth-order valence-corrected chi connectivity index (χ4v) is 1.97. The highest BCUT2D eigenvalue weighted by molar-refractivity contribution is 9.10. The van der Waals surface area contributed by atoms with Crippen LogP contribution >= 0.6 is 15.9 Å². The van der Waals surface area contributed by atoms with Gasteiger partial charge in [0.1, 0.15) is 5.82 Å². The van der Waals surface area contributed by atoms with E-state index in [0.29, 0.717) is 25.1 Å². The van der Waals surface area contributed by atoms with E-state index in [2.05, 4.69) is 15.9 Å². The van der Waals surface area contributed by atoms with E-state index in [1.165, 1.54) is 18.2 Å². The molecule has 1 aromatic carbocycles. The Morgan fingerprint density at radius 3 is 2.89 bits per heavy atom. The van der Waals surface area contributed by atoms with E-state index in [-0.39, 0.29) is 18.3 Å². The maximum Gasteiger partial charge on any atom is 0.246 e. The second-order valence-corrected chi connectivity index (χ2v) is 4.91. The van der Waals surface area contributed by atoms with Gasteiger partial charge in [0, 0.05) is 35.8 Å². The summed E-state index contributed by atoms with van der Waals surface area (Å²) in [6.45, 7) is 2.97. The standard InChI is InChI=1S/C14H17BrFNO2/c1-2-17(8-3-9-18)14(19)7-4-11-10-12(15)5-6-13(11)16/h4-7,10,18H,2-3,8-9H2,1H3/b7-4+. The second-order valence-electron chi connectivity index (χ2n) is 3.99. The largest absolute Gasteiger partial charge is 0.396 e. The summed E-state index contributed by atoms with van der Waals surface area (Å²) in [6, 6.07) is 4.56. The van der Waals surface area contributed by atoms with E-state index in [1.807, 2.05) is 6.92 Å². The van der Waals surface area contributed by atoms with Gasteiger partial charge in [0.05, 0.1) is 0 Å². The van der Waals surface area contributed by atoms with Crippen molar-refractivity contribution in [3.8, 4) is 0 Å². The van der Waals surface area contributed by atoms with Gasteiger partial charge >= 0.3 is 0 Å². The first-order chi connectivity index (χ1) is 9.08. The number of hydrogen-bond acceptors (Lipinski definition) is 2. The minimum atomic E-state index is -0.370. The maximum atomic E-state index is 13.5. The fourth-order valence-electron chi connectivity index (χ4n) is 1.59. The van der Waals surface area contributed by atoms with Crippen LogP contribution in [-0.2, 0) is 4.79 Å². The third kappa shape index (κ3) is 5.12. The number of likely N-dealkylation sites (N-methyl/N-ethyl adjacent to an activating group) is 1. The molecule has 0 aliphatic heterocycles. The van der Waals surface area contributed by atoms with Gasteiger partial charge in [-0.15, -0.1) is 0 Å². The van der Waals surface area contributed by atoms with E-state index >= 15 is 0 Å². The van der Waals surface area contributed by atoms with Crippen molar-refractivity contribution >= 4 is 27.9 Å². The molecule has 1 aromatic rings. The molecule has 1 N–H and O–H groups in total. The molecule has 0 saturated heterocycles. The summed E-state index contributed by atoms with van der Waals surface area (Å²) in [4.78, 5) is 13.5. The minimum absolute atomic E-state index is 0.0494. The molecule has 0 aliphatic rings. The summed E-state index contributed by atoms with van der Waals surface area (Å²) in [7, 11) is 0. The Morgan fingerprint density at radius 1 is 1.53 bits per heavy atom. The molecule has 0 spiro atoms. The highest BCUT2D eigenvalue weighted by Gasteiger charge is 2.08. The van der Waals surface area contributed by atoms with Crippen molar-refractivity contribution in [3.05, 3.63) is 40.1 Å². The lowest BCUT2D eigenvalue weighted by atomic mass is 10.2. The van der Waals surface area contributed by atoms with Crippen LogP contribution in [-0.4, -0.2) is 35.6 Å². The number of benzene rings is 1. The van der Waals surface area contributed by atoms with Gasteiger partial charge in [-0.25, -0.2) is 4.39 Å². The smallest absolute Gasteiger partial charge is 0.246 e. The predicted octanol–water partition coefficient (Wildman–Crippen LogP) is 2.83. The monoisotopic (exact) mass is 329 g/mol.